The van der Waals surface area contributed by atoms with Gasteiger partial charge >= 0.3 is 0 Å². The number of thioether (sulfide) groups is 1. The van der Waals surface area contributed by atoms with Gasteiger partial charge in [-0.05, 0) is 24.6 Å². The number of benzene rings is 1. The monoisotopic (exact) mass is 281 g/mol. The molecule has 0 spiro atoms. The molecule has 1 atom stereocenters. The maximum atomic E-state index is 9.12. The predicted molar refractivity (Wildman–Crippen MR) is 82.1 cm³/mol. The number of pyridine rings is 1. The molecule has 1 aliphatic rings. The number of nitrogens with zero attached hydrogens (tertiary/aromatic N) is 2. The number of hydrogen-bond donors (Lipinski definition) is 1. The summed E-state index contributed by atoms with van der Waals surface area (Å²) in [6, 6.07) is 12.7. The molecule has 0 aliphatic carbocycles. The van der Waals surface area contributed by atoms with Crippen LogP contribution in [0.2, 0.25) is 0 Å². The quantitative estimate of drug-likeness (QED) is 0.934. The van der Waals surface area contributed by atoms with E-state index in [4.69, 9.17) is 5.26 Å². The maximum Gasteiger partial charge on any atom is 0.103 e. The van der Waals surface area contributed by atoms with E-state index in [0.717, 1.165) is 23.7 Å². The molecule has 100 valence electrons. The number of aromatic nitrogens is 1. The zero-order valence-corrected chi connectivity index (χ0v) is 12.1. The van der Waals surface area contributed by atoms with Crippen LogP contribution in [0.3, 0.4) is 0 Å². The summed E-state index contributed by atoms with van der Waals surface area (Å²) in [4.78, 5) is 5.54. The van der Waals surface area contributed by atoms with Gasteiger partial charge in [0.15, 0.2) is 0 Å². The standard InChI is InChI=1S/C16H15N3S/c1-11-6-15(12(7-17)8-18-11)19-9-13-10-20-16-5-3-2-4-14(13)16/h2-6,8,13H,9-10H2,1H3,(H,18,19). The molecule has 1 aliphatic heterocycles. The molecule has 3 rings (SSSR count). The average Bonchev–Trinajstić information content (AvgIpc) is 2.88. The van der Waals surface area contributed by atoms with Gasteiger partial charge in [0.25, 0.3) is 0 Å². The highest BCUT2D eigenvalue weighted by Crippen LogP contribution is 2.39. The first-order valence-electron chi connectivity index (χ1n) is 6.60. The lowest BCUT2D eigenvalue weighted by molar-refractivity contribution is 0.818. The van der Waals surface area contributed by atoms with E-state index in [9.17, 15) is 0 Å². The molecular weight excluding hydrogens is 266 g/mol. The lowest BCUT2D eigenvalue weighted by atomic mass is 10.0. The molecule has 1 unspecified atom stereocenters. The summed E-state index contributed by atoms with van der Waals surface area (Å²) in [5, 5.41) is 12.5. The summed E-state index contributed by atoms with van der Waals surface area (Å²) in [6.07, 6.45) is 1.63. The number of fused-ring (bicyclic) bond motifs is 1. The Morgan fingerprint density at radius 1 is 1.45 bits per heavy atom. The number of rotatable bonds is 3. The minimum absolute atomic E-state index is 0.496. The van der Waals surface area contributed by atoms with E-state index in [0.29, 0.717) is 11.5 Å². The molecule has 0 bridgehead atoms. The SMILES string of the molecule is Cc1cc(NCC2CSc3ccccc32)c(C#N)cn1. The summed E-state index contributed by atoms with van der Waals surface area (Å²) in [5.41, 5.74) is 3.82. The molecule has 1 N–H and O–H groups in total. The van der Waals surface area contributed by atoms with Crippen molar-refractivity contribution in [1.82, 2.24) is 4.98 Å². The third-order valence-electron chi connectivity index (χ3n) is 3.50. The zero-order valence-electron chi connectivity index (χ0n) is 11.3. The third kappa shape index (κ3) is 2.50. The average molecular weight is 281 g/mol. The first-order valence-corrected chi connectivity index (χ1v) is 7.59. The van der Waals surface area contributed by atoms with E-state index >= 15 is 0 Å². The second-order valence-corrected chi connectivity index (χ2v) is 5.97. The van der Waals surface area contributed by atoms with E-state index in [1.54, 1.807) is 6.20 Å². The van der Waals surface area contributed by atoms with Crippen LogP contribution in [0.15, 0.2) is 41.4 Å². The lowest BCUT2D eigenvalue weighted by Gasteiger charge is -2.14. The molecular formula is C16H15N3S. The van der Waals surface area contributed by atoms with Gasteiger partial charge in [-0.3, -0.25) is 4.98 Å². The van der Waals surface area contributed by atoms with Crippen molar-refractivity contribution in [3.8, 4) is 6.07 Å². The van der Waals surface area contributed by atoms with Crippen LogP contribution < -0.4 is 5.32 Å². The van der Waals surface area contributed by atoms with E-state index in [-0.39, 0.29) is 0 Å². The van der Waals surface area contributed by atoms with E-state index in [1.807, 2.05) is 24.8 Å². The van der Waals surface area contributed by atoms with Crippen molar-refractivity contribution in [3.05, 3.63) is 53.3 Å². The molecule has 0 radical (unpaired) electrons. The van der Waals surface area contributed by atoms with E-state index in [2.05, 4.69) is 40.6 Å². The van der Waals surface area contributed by atoms with Crippen LogP contribution in [0.4, 0.5) is 5.69 Å². The van der Waals surface area contributed by atoms with Crippen molar-refractivity contribution in [2.24, 2.45) is 0 Å². The minimum Gasteiger partial charge on any atom is -0.383 e. The Labute approximate surface area is 123 Å². The first kappa shape index (κ1) is 13.0. The summed E-state index contributed by atoms with van der Waals surface area (Å²) in [6.45, 7) is 2.79. The van der Waals surface area contributed by atoms with Crippen molar-refractivity contribution in [1.29, 1.82) is 5.26 Å². The fourth-order valence-corrected chi connectivity index (χ4v) is 3.68. The first-order chi connectivity index (χ1) is 9.78. The fraction of sp³-hybridized carbons (Fsp3) is 0.250. The van der Waals surface area contributed by atoms with Crippen LogP contribution in [-0.2, 0) is 0 Å². The highest BCUT2D eigenvalue weighted by Gasteiger charge is 2.22. The molecule has 0 saturated heterocycles. The number of nitriles is 1. The van der Waals surface area contributed by atoms with Gasteiger partial charge in [0, 0.05) is 35.0 Å². The number of aryl methyl sites for hydroxylation is 1. The van der Waals surface area contributed by atoms with Crippen LogP contribution in [0, 0.1) is 18.3 Å². The predicted octanol–water partition coefficient (Wildman–Crippen LogP) is 3.56. The highest BCUT2D eigenvalue weighted by molar-refractivity contribution is 7.99. The number of anilines is 1. The van der Waals surface area contributed by atoms with Crippen molar-refractivity contribution in [3.63, 3.8) is 0 Å². The van der Waals surface area contributed by atoms with Gasteiger partial charge in [-0.1, -0.05) is 18.2 Å². The summed E-state index contributed by atoms with van der Waals surface area (Å²) < 4.78 is 0. The molecule has 20 heavy (non-hydrogen) atoms. The van der Waals surface area contributed by atoms with Crippen LogP contribution in [-0.4, -0.2) is 17.3 Å². The van der Waals surface area contributed by atoms with E-state index in [1.165, 1.54) is 10.5 Å². The normalized spacial score (nSPS) is 16.5. The maximum absolute atomic E-state index is 9.12. The van der Waals surface area contributed by atoms with Gasteiger partial charge in [0.05, 0.1) is 11.3 Å². The number of hydrogen-bond acceptors (Lipinski definition) is 4. The molecule has 0 saturated carbocycles. The molecule has 1 aromatic heterocycles. The largest absolute Gasteiger partial charge is 0.383 e. The van der Waals surface area contributed by atoms with Gasteiger partial charge in [-0.2, -0.15) is 5.26 Å². The topological polar surface area (TPSA) is 48.7 Å². The van der Waals surface area contributed by atoms with Gasteiger partial charge < -0.3 is 5.32 Å². The van der Waals surface area contributed by atoms with Gasteiger partial charge in [0.2, 0.25) is 0 Å². The molecule has 2 heterocycles. The van der Waals surface area contributed by atoms with Crippen LogP contribution in [0.5, 0.6) is 0 Å². The number of nitrogens with one attached hydrogen (secondary N) is 1. The van der Waals surface area contributed by atoms with Crippen LogP contribution in [0.1, 0.15) is 22.7 Å². The Morgan fingerprint density at radius 3 is 3.15 bits per heavy atom. The Balaban J connectivity index is 1.76. The minimum atomic E-state index is 0.496. The smallest absolute Gasteiger partial charge is 0.103 e. The Morgan fingerprint density at radius 2 is 2.30 bits per heavy atom. The fourth-order valence-electron chi connectivity index (χ4n) is 2.43. The Bertz CT molecular complexity index is 676. The summed E-state index contributed by atoms with van der Waals surface area (Å²) in [7, 11) is 0. The summed E-state index contributed by atoms with van der Waals surface area (Å²) in [5.74, 6) is 1.59. The lowest BCUT2D eigenvalue weighted by Crippen LogP contribution is -2.13. The van der Waals surface area contributed by atoms with Gasteiger partial charge in [0.1, 0.15) is 6.07 Å². The van der Waals surface area contributed by atoms with Crippen molar-refractivity contribution in [2.45, 2.75) is 17.7 Å². The van der Waals surface area contributed by atoms with Gasteiger partial charge in [-0.15, -0.1) is 11.8 Å². The Hall–Kier alpha value is -1.99. The molecule has 0 amide bonds. The second-order valence-electron chi connectivity index (χ2n) is 4.91. The van der Waals surface area contributed by atoms with E-state index < -0.39 is 0 Å². The Kier molecular flexibility index (Phi) is 3.62. The van der Waals surface area contributed by atoms with Crippen molar-refractivity contribution >= 4 is 17.4 Å². The third-order valence-corrected chi connectivity index (χ3v) is 4.75. The second kappa shape index (κ2) is 5.56. The van der Waals surface area contributed by atoms with Crippen molar-refractivity contribution in [2.75, 3.05) is 17.6 Å². The summed E-state index contributed by atoms with van der Waals surface area (Å²) >= 11 is 1.91. The highest BCUT2D eigenvalue weighted by atomic mass is 32.2. The molecule has 1 aromatic carbocycles. The molecule has 0 fully saturated rings. The molecule has 4 heteroatoms. The zero-order chi connectivity index (χ0) is 13.9. The van der Waals surface area contributed by atoms with Crippen molar-refractivity contribution < 1.29 is 0 Å². The molecule has 2 aromatic rings. The molecule has 3 nitrogen and oxygen atoms in total. The van der Waals surface area contributed by atoms with Gasteiger partial charge in [-0.25, -0.2) is 0 Å². The van der Waals surface area contributed by atoms with Crippen LogP contribution in [0.25, 0.3) is 0 Å². The van der Waals surface area contributed by atoms with Crippen LogP contribution >= 0.6 is 11.8 Å².